The van der Waals surface area contributed by atoms with E-state index in [0.29, 0.717) is 6.42 Å². The second kappa shape index (κ2) is 9.36. The van der Waals surface area contributed by atoms with Gasteiger partial charge in [0.1, 0.15) is 6.04 Å². The molecular weight excluding hydrogens is 332 g/mol. The minimum Gasteiger partial charge on any atom is -0.480 e. The Morgan fingerprint density at radius 3 is 2.54 bits per heavy atom. The van der Waals surface area contributed by atoms with E-state index in [-0.39, 0.29) is 25.3 Å². The highest BCUT2D eigenvalue weighted by Gasteiger charge is 2.19. The van der Waals surface area contributed by atoms with Crippen LogP contribution in [0.15, 0.2) is 55.1 Å². The van der Waals surface area contributed by atoms with Crippen LogP contribution in [0.4, 0.5) is 0 Å². The summed E-state index contributed by atoms with van der Waals surface area (Å²) < 4.78 is 0. The fraction of sp³-hybridized carbons (Fsp3) is 0.250. The predicted molar refractivity (Wildman–Crippen MR) is 99.7 cm³/mol. The van der Waals surface area contributed by atoms with Gasteiger partial charge < -0.3 is 15.7 Å². The van der Waals surface area contributed by atoms with E-state index in [2.05, 4.69) is 17.2 Å². The second-order valence-corrected chi connectivity index (χ2v) is 5.92. The lowest BCUT2D eigenvalue weighted by molar-refractivity contribution is -0.141. The Morgan fingerprint density at radius 1 is 1.08 bits per heavy atom. The van der Waals surface area contributed by atoms with Gasteiger partial charge in [0.15, 0.2) is 0 Å². The Hall–Kier alpha value is -3.15. The largest absolute Gasteiger partial charge is 0.480 e. The molecule has 0 heterocycles. The summed E-state index contributed by atoms with van der Waals surface area (Å²) in [6.45, 7) is 3.27. The molecule has 2 amide bonds. The van der Waals surface area contributed by atoms with E-state index in [0.717, 1.165) is 16.3 Å². The molecule has 136 valence electrons. The van der Waals surface area contributed by atoms with Gasteiger partial charge in [-0.1, -0.05) is 48.5 Å². The van der Waals surface area contributed by atoms with Crippen molar-refractivity contribution < 1.29 is 19.5 Å². The molecule has 0 aromatic heterocycles. The topological polar surface area (TPSA) is 95.5 Å². The van der Waals surface area contributed by atoms with Gasteiger partial charge >= 0.3 is 5.97 Å². The molecule has 2 rings (SSSR count). The van der Waals surface area contributed by atoms with E-state index >= 15 is 0 Å². The summed E-state index contributed by atoms with van der Waals surface area (Å²) in [5.41, 5.74) is 0.871. The molecule has 0 aliphatic rings. The number of carboxylic acid groups (broad SMARTS) is 1. The Bertz CT molecular complexity index is 811. The van der Waals surface area contributed by atoms with Crippen molar-refractivity contribution in [1.29, 1.82) is 0 Å². The fourth-order valence-electron chi connectivity index (χ4n) is 2.65. The van der Waals surface area contributed by atoms with Crippen LogP contribution in [-0.4, -0.2) is 35.5 Å². The van der Waals surface area contributed by atoms with Crippen molar-refractivity contribution in [2.45, 2.75) is 25.3 Å². The highest BCUT2D eigenvalue weighted by Crippen LogP contribution is 2.18. The number of fused-ring (bicyclic) bond motifs is 1. The first-order valence-corrected chi connectivity index (χ1v) is 8.37. The molecule has 0 saturated heterocycles. The van der Waals surface area contributed by atoms with E-state index < -0.39 is 17.9 Å². The maximum Gasteiger partial charge on any atom is 0.326 e. The molecule has 1 unspecified atom stereocenters. The van der Waals surface area contributed by atoms with Gasteiger partial charge in [-0.2, -0.15) is 0 Å². The molecule has 3 N–H and O–H groups in total. The van der Waals surface area contributed by atoms with Crippen LogP contribution >= 0.6 is 0 Å². The number of aliphatic carboxylic acids is 1. The maximum atomic E-state index is 12.1. The lowest BCUT2D eigenvalue weighted by Crippen LogP contribution is -2.45. The third-order valence-electron chi connectivity index (χ3n) is 3.97. The van der Waals surface area contributed by atoms with Crippen LogP contribution in [0.25, 0.3) is 10.8 Å². The fourth-order valence-corrected chi connectivity index (χ4v) is 2.65. The third kappa shape index (κ3) is 5.44. The molecule has 6 heteroatoms. The minimum atomic E-state index is -1.11. The van der Waals surface area contributed by atoms with Gasteiger partial charge in [0.05, 0.1) is 13.0 Å². The van der Waals surface area contributed by atoms with Crippen LogP contribution in [0.5, 0.6) is 0 Å². The zero-order valence-corrected chi connectivity index (χ0v) is 14.4. The van der Waals surface area contributed by atoms with Crippen molar-refractivity contribution >= 4 is 28.6 Å². The van der Waals surface area contributed by atoms with Crippen molar-refractivity contribution in [2.24, 2.45) is 0 Å². The predicted octanol–water partition coefficient (Wildman–Crippen LogP) is 2.03. The first-order valence-electron chi connectivity index (χ1n) is 8.37. The Labute approximate surface area is 151 Å². The summed E-state index contributed by atoms with van der Waals surface area (Å²) in [5, 5.41) is 16.1. The number of rotatable bonds is 9. The highest BCUT2D eigenvalue weighted by atomic mass is 16.4. The van der Waals surface area contributed by atoms with Crippen LogP contribution in [0.2, 0.25) is 0 Å². The zero-order chi connectivity index (χ0) is 18.9. The molecule has 0 aliphatic heterocycles. The number of amides is 2. The molecule has 0 saturated carbocycles. The molecule has 26 heavy (non-hydrogen) atoms. The molecule has 0 fully saturated rings. The van der Waals surface area contributed by atoms with Crippen LogP contribution in [0, 0.1) is 0 Å². The normalized spacial score (nSPS) is 11.5. The van der Waals surface area contributed by atoms with Crippen LogP contribution < -0.4 is 10.6 Å². The summed E-state index contributed by atoms with van der Waals surface area (Å²) in [4.78, 5) is 35.1. The quantitative estimate of drug-likeness (QED) is 0.601. The first kappa shape index (κ1) is 19.2. The van der Waals surface area contributed by atoms with Crippen molar-refractivity contribution in [3.63, 3.8) is 0 Å². The van der Waals surface area contributed by atoms with E-state index in [1.54, 1.807) is 6.08 Å². The van der Waals surface area contributed by atoms with Crippen molar-refractivity contribution in [3.05, 3.63) is 60.7 Å². The van der Waals surface area contributed by atoms with Crippen molar-refractivity contribution in [2.75, 3.05) is 6.54 Å². The van der Waals surface area contributed by atoms with E-state index in [1.165, 1.54) is 0 Å². The summed E-state index contributed by atoms with van der Waals surface area (Å²) in [7, 11) is 0. The average molecular weight is 354 g/mol. The molecule has 2 aromatic carbocycles. The molecule has 0 aliphatic carbocycles. The lowest BCUT2D eigenvalue weighted by Gasteiger charge is -2.14. The Balaban J connectivity index is 1.88. The minimum absolute atomic E-state index is 0.146. The molecule has 1 atom stereocenters. The molecule has 2 aromatic rings. The zero-order valence-electron chi connectivity index (χ0n) is 14.4. The van der Waals surface area contributed by atoms with Crippen molar-refractivity contribution in [3.8, 4) is 0 Å². The lowest BCUT2D eigenvalue weighted by atomic mass is 10.0. The van der Waals surface area contributed by atoms with Gasteiger partial charge in [0, 0.05) is 0 Å². The molecule has 6 nitrogen and oxygen atoms in total. The Kier molecular flexibility index (Phi) is 6.91. The van der Waals surface area contributed by atoms with Crippen LogP contribution in [-0.2, 0) is 20.8 Å². The van der Waals surface area contributed by atoms with Crippen molar-refractivity contribution in [1.82, 2.24) is 10.6 Å². The number of carbonyl (C=O) groups excluding carboxylic acids is 2. The van der Waals surface area contributed by atoms with Crippen LogP contribution in [0.3, 0.4) is 0 Å². The van der Waals surface area contributed by atoms with Gasteiger partial charge in [0.2, 0.25) is 11.8 Å². The first-order chi connectivity index (χ1) is 12.5. The average Bonchev–Trinajstić information content (AvgIpc) is 2.63. The van der Waals surface area contributed by atoms with Crippen LogP contribution in [0.1, 0.15) is 18.4 Å². The number of carbonyl (C=O) groups is 3. The summed E-state index contributed by atoms with van der Waals surface area (Å²) in [5.74, 6) is -1.94. The van der Waals surface area contributed by atoms with E-state index in [4.69, 9.17) is 5.11 Å². The third-order valence-corrected chi connectivity index (χ3v) is 3.97. The molecule has 0 spiro atoms. The second-order valence-electron chi connectivity index (χ2n) is 5.92. The summed E-state index contributed by atoms with van der Waals surface area (Å²) in [6, 6.07) is 12.5. The highest BCUT2D eigenvalue weighted by molar-refractivity contribution is 5.92. The van der Waals surface area contributed by atoms with E-state index in [1.807, 2.05) is 42.5 Å². The maximum absolute atomic E-state index is 12.1. The number of hydrogen-bond acceptors (Lipinski definition) is 3. The van der Waals surface area contributed by atoms with Gasteiger partial charge in [-0.15, -0.1) is 6.58 Å². The number of nitrogens with one attached hydrogen (secondary N) is 2. The Morgan fingerprint density at radius 2 is 1.81 bits per heavy atom. The van der Waals surface area contributed by atoms with Gasteiger partial charge in [0.25, 0.3) is 0 Å². The standard InChI is InChI=1S/C20H22N2O4/c1-2-3-11-17(20(25)26)22-19(24)13-21-18(23)12-15-9-6-8-14-7-4-5-10-16(14)15/h2,4-10,17H,1,3,11-13H2,(H,21,23)(H,22,24)(H,25,26). The number of carboxylic acids is 1. The molecule has 0 radical (unpaired) electrons. The SMILES string of the molecule is C=CCCC(NC(=O)CNC(=O)Cc1cccc2ccccc12)C(=O)O. The molecular formula is C20H22N2O4. The summed E-state index contributed by atoms with van der Waals surface area (Å²) in [6.07, 6.45) is 2.47. The smallest absolute Gasteiger partial charge is 0.326 e. The molecule has 0 bridgehead atoms. The van der Waals surface area contributed by atoms with Gasteiger partial charge in [-0.25, -0.2) is 4.79 Å². The number of allylic oxidation sites excluding steroid dienone is 1. The summed E-state index contributed by atoms with van der Waals surface area (Å²) >= 11 is 0. The monoisotopic (exact) mass is 354 g/mol. The van der Waals surface area contributed by atoms with Gasteiger partial charge in [-0.3, -0.25) is 9.59 Å². The van der Waals surface area contributed by atoms with Gasteiger partial charge in [-0.05, 0) is 29.2 Å². The van der Waals surface area contributed by atoms with E-state index in [9.17, 15) is 14.4 Å². The number of hydrogen-bond donors (Lipinski definition) is 3. The number of benzene rings is 2.